The molecule has 134 valence electrons. The molecule has 1 atom stereocenters. The van der Waals surface area contributed by atoms with Gasteiger partial charge in [0.2, 0.25) is 5.91 Å². The lowest BCUT2D eigenvalue weighted by Crippen LogP contribution is -2.32. The molecule has 2 rings (SSSR count). The van der Waals surface area contributed by atoms with Gasteiger partial charge in [-0.2, -0.15) is 0 Å². The Hall–Kier alpha value is -1.82. The summed E-state index contributed by atoms with van der Waals surface area (Å²) in [6, 6.07) is 7.53. The number of amides is 1. The molecule has 0 saturated carbocycles. The van der Waals surface area contributed by atoms with Crippen molar-refractivity contribution in [1.29, 1.82) is 0 Å². The summed E-state index contributed by atoms with van der Waals surface area (Å²) in [6.45, 7) is 1.70. The van der Waals surface area contributed by atoms with E-state index in [4.69, 9.17) is 44.3 Å². The third-order valence-electron chi connectivity index (χ3n) is 3.43. The quantitative estimate of drug-likeness (QED) is 0.704. The molecule has 0 aromatic heterocycles. The fourth-order valence-electron chi connectivity index (χ4n) is 2.11. The van der Waals surface area contributed by atoms with Crippen LogP contribution in [0.4, 0.5) is 11.4 Å². The fourth-order valence-corrected chi connectivity index (χ4v) is 2.68. The molecule has 2 aromatic carbocycles. The van der Waals surface area contributed by atoms with E-state index in [1.54, 1.807) is 37.3 Å². The summed E-state index contributed by atoms with van der Waals surface area (Å²) >= 11 is 18.1. The summed E-state index contributed by atoms with van der Waals surface area (Å²) in [5, 5.41) is 7.06. The van der Waals surface area contributed by atoms with Gasteiger partial charge in [-0.3, -0.25) is 4.79 Å². The Balaban J connectivity index is 2.16. The van der Waals surface area contributed by atoms with Gasteiger partial charge in [0, 0.05) is 11.1 Å². The number of nitrogens with one attached hydrogen (secondary N) is 2. The van der Waals surface area contributed by atoms with Crippen LogP contribution in [0.3, 0.4) is 0 Å². The molecule has 0 unspecified atom stereocenters. The molecule has 2 aromatic rings. The summed E-state index contributed by atoms with van der Waals surface area (Å²) in [4.78, 5) is 12.4. The number of carbonyl (C=O) groups excluding carboxylic acids is 1. The molecule has 0 heterocycles. The first-order chi connectivity index (χ1) is 11.8. The van der Waals surface area contributed by atoms with Crippen molar-refractivity contribution in [2.75, 3.05) is 24.9 Å². The number of hydrogen-bond donors (Lipinski definition) is 2. The number of rotatable bonds is 6. The highest BCUT2D eigenvalue weighted by Crippen LogP contribution is 2.36. The van der Waals surface area contributed by atoms with Gasteiger partial charge in [0.25, 0.3) is 0 Å². The normalized spacial score (nSPS) is 11.6. The Morgan fingerprint density at radius 3 is 2.28 bits per heavy atom. The van der Waals surface area contributed by atoms with E-state index in [0.29, 0.717) is 37.9 Å². The maximum atomic E-state index is 12.4. The summed E-state index contributed by atoms with van der Waals surface area (Å²) < 4.78 is 10.5. The predicted molar refractivity (Wildman–Crippen MR) is 103 cm³/mol. The molecule has 8 heteroatoms. The van der Waals surface area contributed by atoms with Gasteiger partial charge in [-0.1, -0.05) is 34.8 Å². The molecule has 0 spiro atoms. The lowest BCUT2D eigenvalue weighted by Gasteiger charge is -2.19. The second-order valence-electron chi connectivity index (χ2n) is 5.17. The van der Waals surface area contributed by atoms with Gasteiger partial charge < -0.3 is 20.1 Å². The van der Waals surface area contributed by atoms with Crippen LogP contribution in [-0.2, 0) is 4.79 Å². The van der Waals surface area contributed by atoms with Crippen LogP contribution in [0.25, 0.3) is 0 Å². The number of halogens is 3. The average Bonchev–Trinajstić information content (AvgIpc) is 2.58. The molecular formula is C17H17Cl3N2O3. The van der Waals surface area contributed by atoms with Crippen molar-refractivity contribution in [3.63, 3.8) is 0 Å². The van der Waals surface area contributed by atoms with Crippen LogP contribution in [0, 0.1) is 0 Å². The van der Waals surface area contributed by atoms with Gasteiger partial charge in [-0.05, 0) is 31.2 Å². The number of hydrogen-bond acceptors (Lipinski definition) is 4. The van der Waals surface area contributed by atoms with Crippen molar-refractivity contribution in [3.8, 4) is 11.5 Å². The molecule has 25 heavy (non-hydrogen) atoms. The molecule has 2 N–H and O–H groups in total. The van der Waals surface area contributed by atoms with Crippen LogP contribution in [0.15, 0.2) is 30.3 Å². The SMILES string of the molecule is COc1cc(OC)c(N[C@H](C)C(=O)Nc2cc(Cl)ccc2Cl)cc1Cl. The van der Waals surface area contributed by atoms with Crippen molar-refractivity contribution in [3.05, 3.63) is 45.4 Å². The van der Waals surface area contributed by atoms with Crippen LogP contribution in [0.2, 0.25) is 15.1 Å². The minimum Gasteiger partial charge on any atom is -0.495 e. The highest BCUT2D eigenvalue weighted by Gasteiger charge is 2.18. The summed E-state index contributed by atoms with van der Waals surface area (Å²) in [5.74, 6) is 0.687. The van der Waals surface area contributed by atoms with Crippen LogP contribution < -0.4 is 20.1 Å². The van der Waals surface area contributed by atoms with Crippen molar-refractivity contribution < 1.29 is 14.3 Å². The number of benzene rings is 2. The molecule has 0 aliphatic carbocycles. The number of methoxy groups -OCH3 is 2. The van der Waals surface area contributed by atoms with Gasteiger partial charge in [0.1, 0.15) is 17.5 Å². The standard InChI is InChI=1S/C17H17Cl3N2O3/c1-9(17(23)22-13-6-10(18)4-5-11(13)19)21-14-7-12(20)15(24-2)8-16(14)25-3/h4-9,21H,1-3H3,(H,22,23)/t9-/m1/s1. The Labute approximate surface area is 161 Å². The Bertz CT molecular complexity index is 784. The van der Waals surface area contributed by atoms with Gasteiger partial charge in [0.15, 0.2) is 0 Å². The summed E-state index contributed by atoms with van der Waals surface area (Å²) in [6.07, 6.45) is 0. The van der Waals surface area contributed by atoms with E-state index in [-0.39, 0.29) is 5.91 Å². The molecule has 0 radical (unpaired) electrons. The molecule has 0 aliphatic heterocycles. The van der Waals surface area contributed by atoms with Crippen LogP contribution >= 0.6 is 34.8 Å². The van der Waals surface area contributed by atoms with E-state index in [2.05, 4.69) is 10.6 Å². The third-order valence-corrected chi connectivity index (χ3v) is 4.29. The smallest absolute Gasteiger partial charge is 0.246 e. The number of ether oxygens (including phenoxy) is 2. The maximum Gasteiger partial charge on any atom is 0.246 e. The topological polar surface area (TPSA) is 59.6 Å². The Kier molecular flexibility index (Phi) is 6.64. The molecule has 5 nitrogen and oxygen atoms in total. The van der Waals surface area contributed by atoms with Crippen LogP contribution in [-0.4, -0.2) is 26.2 Å². The largest absolute Gasteiger partial charge is 0.495 e. The van der Waals surface area contributed by atoms with E-state index in [0.717, 1.165) is 0 Å². The van der Waals surface area contributed by atoms with Gasteiger partial charge >= 0.3 is 0 Å². The Morgan fingerprint density at radius 2 is 1.64 bits per heavy atom. The van der Waals surface area contributed by atoms with Gasteiger partial charge in [-0.15, -0.1) is 0 Å². The fraction of sp³-hybridized carbons (Fsp3) is 0.235. The highest BCUT2D eigenvalue weighted by atomic mass is 35.5. The first kappa shape index (κ1) is 19.5. The molecule has 0 saturated heterocycles. The van der Waals surface area contributed by atoms with Gasteiger partial charge in [0.05, 0.1) is 35.6 Å². The van der Waals surface area contributed by atoms with Crippen LogP contribution in [0.5, 0.6) is 11.5 Å². The van der Waals surface area contributed by atoms with Crippen molar-refractivity contribution in [2.45, 2.75) is 13.0 Å². The molecule has 0 aliphatic rings. The van der Waals surface area contributed by atoms with E-state index < -0.39 is 6.04 Å². The average molecular weight is 404 g/mol. The maximum absolute atomic E-state index is 12.4. The second-order valence-corrected chi connectivity index (χ2v) is 6.42. The first-order valence-electron chi connectivity index (χ1n) is 7.29. The lowest BCUT2D eigenvalue weighted by molar-refractivity contribution is -0.116. The highest BCUT2D eigenvalue weighted by molar-refractivity contribution is 6.35. The monoisotopic (exact) mass is 402 g/mol. The summed E-state index contributed by atoms with van der Waals surface area (Å²) in [7, 11) is 3.03. The Morgan fingerprint density at radius 1 is 0.960 bits per heavy atom. The molecule has 1 amide bonds. The second kappa shape index (κ2) is 8.52. The first-order valence-corrected chi connectivity index (χ1v) is 8.43. The van der Waals surface area contributed by atoms with Gasteiger partial charge in [-0.25, -0.2) is 0 Å². The van der Waals surface area contributed by atoms with Crippen molar-refractivity contribution in [1.82, 2.24) is 0 Å². The third kappa shape index (κ3) is 4.84. The zero-order valence-electron chi connectivity index (χ0n) is 13.8. The lowest BCUT2D eigenvalue weighted by atomic mass is 10.2. The minimum atomic E-state index is -0.589. The van der Waals surface area contributed by atoms with E-state index in [1.807, 2.05) is 0 Å². The number of anilines is 2. The van der Waals surface area contributed by atoms with E-state index in [9.17, 15) is 4.79 Å². The molecular weight excluding hydrogens is 387 g/mol. The van der Waals surface area contributed by atoms with E-state index >= 15 is 0 Å². The van der Waals surface area contributed by atoms with Crippen molar-refractivity contribution >= 4 is 52.1 Å². The predicted octanol–water partition coefficient (Wildman–Crippen LogP) is 5.10. The zero-order valence-corrected chi connectivity index (χ0v) is 16.1. The number of carbonyl (C=O) groups is 1. The minimum absolute atomic E-state index is 0.293. The molecule has 0 fully saturated rings. The van der Waals surface area contributed by atoms with E-state index in [1.165, 1.54) is 14.2 Å². The zero-order chi connectivity index (χ0) is 18.6. The summed E-state index contributed by atoms with van der Waals surface area (Å²) in [5.41, 5.74) is 1.00. The van der Waals surface area contributed by atoms with Crippen LogP contribution in [0.1, 0.15) is 6.92 Å². The van der Waals surface area contributed by atoms with Crippen molar-refractivity contribution in [2.24, 2.45) is 0 Å². The molecule has 0 bridgehead atoms.